The van der Waals surface area contributed by atoms with Crippen molar-refractivity contribution in [3.8, 4) is 0 Å². The molecule has 1 unspecified atom stereocenters. The van der Waals surface area contributed by atoms with Crippen LogP contribution in [0.3, 0.4) is 0 Å². The fraction of sp³-hybridized carbons (Fsp3) is 0.250. The summed E-state index contributed by atoms with van der Waals surface area (Å²) in [6.07, 6.45) is 1.74. The average Bonchev–Trinajstić information content (AvgIpc) is 3.04. The van der Waals surface area contributed by atoms with Crippen molar-refractivity contribution in [1.29, 1.82) is 0 Å². The van der Waals surface area contributed by atoms with E-state index in [-0.39, 0.29) is 11.8 Å². The summed E-state index contributed by atoms with van der Waals surface area (Å²) in [4.78, 5) is 17.6. The van der Waals surface area contributed by atoms with Gasteiger partial charge in [0.2, 0.25) is 0 Å². The molecule has 3 rings (SSSR count). The van der Waals surface area contributed by atoms with Crippen molar-refractivity contribution >= 4 is 39.8 Å². The molecule has 0 spiro atoms. The molecule has 0 radical (unpaired) electrons. The molecule has 0 amide bonds. The Bertz CT molecular complexity index is 834. The van der Waals surface area contributed by atoms with E-state index in [2.05, 4.69) is 31.0 Å². The van der Waals surface area contributed by atoms with Crippen molar-refractivity contribution in [2.24, 2.45) is 0 Å². The normalized spacial score (nSPS) is 12.8. The van der Waals surface area contributed by atoms with Crippen LogP contribution in [0.4, 0.5) is 0 Å². The third-order valence-corrected chi connectivity index (χ3v) is 5.05. The zero-order chi connectivity index (χ0) is 15.1. The van der Waals surface area contributed by atoms with Gasteiger partial charge in [-0.25, -0.2) is 4.98 Å². The predicted octanol–water partition coefficient (Wildman–Crippen LogP) is 4.81. The summed E-state index contributed by atoms with van der Waals surface area (Å²) in [5.74, 6) is 0.0597. The Balaban J connectivity index is 2.03. The van der Waals surface area contributed by atoms with Crippen molar-refractivity contribution in [1.82, 2.24) is 9.55 Å². The highest BCUT2D eigenvalue weighted by Gasteiger charge is 2.20. The quantitative estimate of drug-likeness (QED) is 0.649. The first-order valence-corrected chi connectivity index (χ1v) is 7.90. The number of carbonyl (C=O) groups is 1. The monoisotopic (exact) mass is 318 g/mol. The fourth-order valence-corrected chi connectivity index (χ4v) is 3.44. The van der Waals surface area contributed by atoms with E-state index in [1.165, 1.54) is 22.5 Å². The molecule has 1 atom stereocenters. The van der Waals surface area contributed by atoms with E-state index in [4.69, 9.17) is 11.6 Å². The highest BCUT2D eigenvalue weighted by Crippen LogP contribution is 2.27. The molecule has 0 saturated heterocycles. The molecule has 3 nitrogen and oxygen atoms in total. The first-order valence-electron chi connectivity index (χ1n) is 6.70. The Hall–Kier alpha value is -1.65. The van der Waals surface area contributed by atoms with Gasteiger partial charge in [0.15, 0.2) is 5.78 Å². The van der Waals surface area contributed by atoms with Crippen LogP contribution < -0.4 is 0 Å². The Morgan fingerprint density at radius 1 is 1.29 bits per heavy atom. The zero-order valence-corrected chi connectivity index (χ0v) is 13.6. The third-order valence-electron chi connectivity index (χ3n) is 3.80. The molecule has 3 aromatic rings. The van der Waals surface area contributed by atoms with Crippen LogP contribution in [0.2, 0.25) is 4.34 Å². The molecule has 108 valence electrons. The number of aryl methyl sites for hydroxylation is 2. The number of Topliss-reactive ketones (excluding diaryl/α,β-unsaturated/α-hetero) is 1. The lowest BCUT2D eigenvalue weighted by Crippen LogP contribution is -2.14. The van der Waals surface area contributed by atoms with Crippen LogP contribution in [0.5, 0.6) is 0 Å². The number of hydrogen-bond donors (Lipinski definition) is 0. The van der Waals surface area contributed by atoms with Crippen LogP contribution in [0.25, 0.3) is 11.0 Å². The van der Waals surface area contributed by atoms with Crippen LogP contribution in [-0.2, 0) is 0 Å². The standard InChI is InChI=1S/C16H15ClN2OS/c1-9-6-12-13(7-10(9)2)19(8-18-12)11(3)16(20)14-4-5-15(17)21-14/h4-8,11H,1-3H3. The maximum atomic E-state index is 12.6. The topological polar surface area (TPSA) is 34.9 Å². The molecule has 0 aliphatic rings. The van der Waals surface area contributed by atoms with Crippen LogP contribution in [0.15, 0.2) is 30.6 Å². The van der Waals surface area contributed by atoms with E-state index < -0.39 is 0 Å². The van der Waals surface area contributed by atoms with Gasteiger partial charge in [0.05, 0.1) is 32.6 Å². The van der Waals surface area contributed by atoms with E-state index in [1.807, 2.05) is 11.5 Å². The summed E-state index contributed by atoms with van der Waals surface area (Å²) in [5.41, 5.74) is 4.31. The number of imidazole rings is 1. The second-order valence-corrected chi connectivity index (χ2v) is 6.94. The molecule has 0 N–H and O–H groups in total. The smallest absolute Gasteiger partial charge is 0.195 e. The average molecular weight is 319 g/mol. The van der Waals surface area contributed by atoms with Gasteiger partial charge in [0, 0.05) is 0 Å². The van der Waals surface area contributed by atoms with Gasteiger partial charge in [0.1, 0.15) is 0 Å². The maximum Gasteiger partial charge on any atom is 0.195 e. The summed E-state index contributed by atoms with van der Waals surface area (Å²) in [5, 5.41) is 0. The second-order valence-electron chi connectivity index (χ2n) is 5.22. The minimum absolute atomic E-state index is 0.0597. The van der Waals surface area contributed by atoms with E-state index in [1.54, 1.807) is 18.5 Å². The Kier molecular flexibility index (Phi) is 3.59. The SMILES string of the molecule is Cc1cc2ncn(C(C)C(=O)c3ccc(Cl)s3)c2cc1C. The molecule has 5 heteroatoms. The van der Waals surface area contributed by atoms with Gasteiger partial charge in [-0.1, -0.05) is 11.6 Å². The predicted molar refractivity (Wildman–Crippen MR) is 87.6 cm³/mol. The third kappa shape index (κ3) is 2.49. The maximum absolute atomic E-state index is 12.6. The van der Waals surface area contributed by atoms with Crippen molar-refractivity contribution < 1.29 is 4.79 Å². The number of hydrogen-bond acceptors (Lipinski definition) is 3. The summed E-state index contributed by atoms with van der Waals surface area (Å²) in [6, 6.07) is 7.38. The second kappa shape index (κ2) is 5.28. The lowest BCUT2D eigenvalue weighted by molar-refractivity contribution is 0.0941. The van der Waals surface area contributed by atoms with Gasteiger partial charge in [0.25, 0.3) is 0 Å². The van der Waals surface area contributed by atoms with Gasteiger partial charge < -0.3 is 4.57 Å². The summed E-state index contributed by atoms with van der Waals surface area (Å²) >= 11 is 7.23. The number of ketones is 1. The van der Waals surface area contributed by atoms with Gasteiger partial charge >= 0.3 is 0 Å². The van der Waals surface area contributed by atoms with E-state index in [0.29, 0.717) is 9.21 Å². The molecule has 0 saturated carbocycles. The van der Waals surface area contributed by atoms with Crippen LogP contribution in [0, 0.1) is 13.8 Å². The van der Waals surface area contributed by atoms with E-state index in [9.17, 15) is 4.79 Å². The molecule has 0 aliphatic heterocycles. The number of halogens is 1. The largest absolute Gasteiger partial charge is 0.320 e. The Morgan fingerprint density at radius 3 is 2.67 bits per heavy atom. The summed E-state index contributed by atoms with van der Waals surface area (Å²) in [7, 11) is 0. The van der Waals surface area contributed by atoms with Gasteiger partial charge in [-0.15, -0.1) is 11.3 Å². The van der Waals surface area contributed by atoms with E-state index >= 15 is 0 Å². The molecule has 21 heavy (non-hydrogen) atoms. The number of rotatable bonds is 3. The number of benzene rings is 1. The molecule has 2 heterocycles. The molecule has 1 aromatic carbocycles. The van der Waals surface area contributed by atoms with Gasteiger partial charge in [-0.3, -0.25) is 4.79 Å². The lowest BCUT2D eigenvalue weighted by Gasteiger charge is -2.13. The van der Waals surface area contributed by atoms with Crippen molar-refractivity contribution in [3.63, 3.8) is 0 Å². The number of nitrogens with zero attached hydrogens (tertiary/aromatic N) is 2. The number of carbonyl (C=O) groups excluding carboxylic acids is 1. The van der Waals surface area contributed by atoms with Gasteiger partial charge in [-0.05, 0) is 56.2 Å². The molecule has 2 aromatic heterocycles. The molecule has 0 aliphatic carbocycles. The highest BCUT2D eigenvalue weighted by molar-refractivity contribution is 7.18. The van der Waals surface area contributed by atoms with Crippen molar-refractivity contribution in [2.75, 3.05) is 0 Å². The molecular weight excluding hydrogens is 304 g/mol. The van der Waals surface area contributed by atoms with Crippen molar-refractivity contribution in [2.45, 2.75) is 26.8 Å². The van der Waals surface area contributed by atoms with E-state index in [0.717, 1.165) is 11.0 Å². The molecular formula is C16H15ClN2OS. The first kappa shape index (κ1) is 14.3. The van der Waals surface area contributed by atoms with Crippen LogP contribution in [0.1, 0.15) is 33.8 Å². The Morgan fingerprint density at radius 2 is 2.00 bits per heavy atom. The van der Waals surface area contributed by atoms with Crippen molar-refractivity contribution in [3.05, 3.63) is 50.9 Å². The first-order chi connectivity index (χ1) is 9.97. The summed E-state index contributed by atoms with van der Waals surface area (Å²) < 4.78 is 2.56. The highest BCUT2D eigenvalue weighted by atomic mass is 35.5. The Labute approximate surface area is 132 Å². The number of aromatic nitrogens is 2. The molecule has 0 fully saturated rings. The fourth-order valence-electron chi connectivity index (χ4n) is 2.37. The number of thiophene rings is 1. The number of fused-ring (bicyclic) bond motifs is 1. The van der Waals surface area contributed by atoms with Gasteiger partial charge in [-0.2, -0.15) is 0 Å². The van der Waals surface area contributed by atoms with Crippen LogP contribution >= 0.6 is 22.9 Å². The minimum Gasteiger partial charge on any atom is -0.320 e. The molecule has 0 bridgehead atoms. The van der Waals surface area contributed by atoms with Crippen LogP contribution in [-0.4, -0.2) is 15.3 Å². The zero-order valence-electron chi connectivity index (χ0n) is 12.1. The lowest BCUT2D eigenvalue weighted by atomic mass is 10.1. The minimum atomic E-state index is -0.299. The summed E-state index contributed by atoms with van der Waals surface area (Å²) in [6.45, 7) is 6.03.